The topological polar surface area (TPSA) is 53.1 Å². The second-order valence-corrected chi connectivity index (χ2v) is 4.24. The van der Waals surface area contributed by atoms with Crippen LogP contribution in [0.3, 0.4) is 0 Å². The summed E-state index contributed by atoms with van der Waals surface area (Å²) in [6.07, 6.45) is 1.49. The summed E-state index contributed by atoms with van der Waals surface area (Å²) in [6, 6.07) is 10.7. The number of phenolic OH excluding ortho intramolecular Hbond substituents is 1. The predicted molar refractivity (Wildman–Crippen MR) is 71.6 cm³/mol. The third-order valence-corrected chi connectivity index (χ3v) is 3.04. The molecule has 3 nitrogen and oxygen atoms in total. The van der Waals surface area contributed by atoms with Gasteiger partial charge in [-0.3, -0.25) is 4.79 Å². The molecule has 19 heavy (non-hydrogen) atoms. The van der Waals surface area contributed by atoms with E-state index in [-0.39, 0.29) is 17.1 Å². The molecule has 0 bridgehead atoms. The fourth-order valence-corrected chi connectivity index (χ4v) is 2.18. The molecule has 0 atom stereocenters. The van der Waals surface area contributed by atoms with Crippen LogP contribution in [0.4, 0.5) is 4.39 Å². The second-order valence-electron chi connectivity index (χ2n) is 4.24. The molecule has 4 heteroatoms. The van der Waals surface area contributed by atoms with Crippen LogP contribution in [0, 0.1) is 5.82 Å². The molecule has 2 aromatic carbocycles. The Morgan fingerprint density at radius 2 is 1.89 bits per heavy atom. The number of aromatic amines is 1. The van der Waals surface area contributed by atoms with Crippen LogP contribution in [-0.2, 0) is 0 Å². The Bertz CT molecular complexity index is 824. The average molecular weight is 255 g/mol. The van der Waals surface area contributed by atoms with Crippen LogP contribution < -0.4 is 5.56 Å². The summed E-state index contributed by atoms with van der Waals surface area (Å²) in [6.45, 7) is 0. The van der Waals surface area contributed by atoms with Crippen molar-refractivity contribution in [2.24, 2.45) is 0 Å². The summed E-state index contributed by atoms with van der Waals surface area (Å²) in [7, 11) is 0. The zero-order chi connectivity index (χ0) is 13.4. The molecule has 0 saturated carbocycles. The lowest BCUT2D eigenvalue weighted by Crippen LogP contribution is -2.05. The minimum Gasteiger partial charge on any atom is -0.507 e. The van der Waals surface area contributed by atoms with E-state index in [0.717, 1.165) is 0 Å². The number of halogens is 1. The molecule has 2 N–H and O–H groups in total. The van der Waals surface area contributed by atoms with E-state index < -0.39 is 0 Å². The van der Waals surface area contributed by atoms with Gasteiger partial charge in [-0.1, -0.05) is 18.2 Å². The summed E-state index contributed by atoms with van der Waals surface area (Å²) in [5.41, 5.74) is 0.904. The standard InChI is InChI=1S/C15H10FNO2/c16-10-4-1-3-9(7-10)12-8-17-15(19)11-5-2-6-13(18)14(11)12/h1-8,18H,(H,17,19). The van der Waals surface area contributed by atoms with E-state index in [4.69, 9.17) is 0 Å². The Hall–Kier alpha value is -2.62. The van der Waals surface area contributed by atoms with E-state index in [2.05, 4.69) is 4.98 Å². The third-order valence-electron chi connectivity index (χ3n) is 3.04. The number of aromatic nitrogens is 1. The Morgan fingerprint density at radius 3 is 2.68 bits per heavy atom. The average Bonchev–Trinajstić information content (AvgIpc) is 2.40. The van der Waals surface area contributed by atoms with Gasteiger partial charge in [0.2, 0.25) is 0 Å². The first-order valence-corrected chi connectivity index (χ1v) is 5.76. The van der Waals surface area contributed by atoms with Crippen LogP contribution in [0.1, 0.15) is 0 Å². The van der Waals surface area contributed by atoms with Crippen molar-refractivity contribution >= 4 is 10.8 Å². The Balaban J connectivity index is 2.43. The largest absolute Gasteiger partial charge is 0.507 e. The minimum atomic E-state index is -0.368. The van der Waals surface area contributed by atoms with Crippen LogP contribution in [0.25, 0.3) is 21.9 Å². The lowest BCUT2D eigenvalue weighted by Gasteiger charge is -2.08. The Morgan fingerprint density at radius 1 is 1.11 bits per heavy atom. The van der Waals surface area contributed by atoms with Gasteiger partial charge in [0.15, 0.2) is 0 Å². The molecule has 0 saturated heterocycles. The van der Waals surface area contributed by atoms with Gasteiger partial charge >= 0.3 is 0 Å². The first-order valence-electron chi connectivity index (χ1n) is 5.76. The third kappa shape index (κ3) is 1.87. The first kappa shape index (κ1) is 11.5. The molecule has 3 aromatic rings. The van der Waals surface area contributed by atoms with Crippen molar-refractivity contribution in [2.75, 3.05) is 0 Å². The molecule has 1 aromatic heterocycles. The maximum atomic E-state index is 13.3. The van der Waals surface area contributed by atoms with Crippen molar-refractivity contribution in [3.05, 3.63) is 64.8 Å². The summed E-state index contributed by atoms with van der Waals surface area (Å²) in [5.74, 6) is -0.366. The number of pyridine rings is 1. The van der Waals surface area contributed by atoms with Crippen molar-refractivity contribution in [3.8, 4) is 16.9 Å². The summed E-state index contributed by atoms with van der Waals surface area (Å²) in [5, 5.41) is 10.8. The quantitative estimate of drug-likeness (QED) is 0.702. The molecule has 0 fully saturated rings. The summed E-state index contributed by atoms with van der Waals surface area (Å²) >= 11 is 0. The van der Waals surface area contributed by atoms with E-state index in [9.17, 15) is 14.3 Å². The predicted octanol–water partition coefficient (Wildman–Crippen LogP) is 3.04. The van der Waals surface area contributed by atoms with Crippen molar-refractivity contribution in [1.29, 1.82) is 0 Å². The van der Waals surface area contributed by atoms with Crippen LogP contribution in [0.15, 0.2) is 53.5 Å². The number of rotatable bonds is 1. The van der Waals surface area contributed by atoms with Gasteiger partial charge in [-0.25, -0.2) is 4.39 Å². The van der Waals surface area contributed by atoms with Crippen molar-refractivity contribution in [2.45, 2.75) is 0 Å². The zero-order valence-electron chi connectivity index (χ0n) is 9.85. The summed E-state index contributed by atoms with van der Waals surface area (Å²) in [4.78, 5) is 14.3. The number of hydrogen-bond donors (Lipinski definition) is 2. The maximum Gasteiger partial charge on any atom is 0.255 e. The number of benzene rings is 2. The molecule has 3 rings (SSSR count). The highest BCUT2D eigenvalue weighted by Crippen LogP contribution is 2.32. The van der Waals surface area contributed by atoms with Gasteiger partial charge in [0.1, 0.15) is 11.6 Å². The molecule has 0 unspecified atom stereocenters. The molecule has 0 radical (unpaired) electrons. The normalized spacial score (nSPS) is 10.8. The SMILES string of the molecule is O=c1[nH]cc(-c2cccc(F)c2)c2c(O)cccc12. The molecule has 0 aliphatic heterocycles. The number of phenols is 1. The smallest absolute Gasteiger partial charge is 0.255 e. The number of nitrogens with one attached hydrogen (secondary N) is 1. The van der Waals surface area contributed by atoms with Gasteiger partial charge in [-0.05, 0) is 29.8 Å². The van der Waals surface area contributed by atoms with E-state index in [1.165, 1.54) is 24.4 Å². The van der Waals surface area contributed by atoms with Crippen molar-refractivity contribution in [3.63, 3.8) is 0 Å². The highest BCUT2D eigenvalue weighted by molar-refractivity contribution is 5.99. The second kappa shape index (κ2) is 4.24. The fraction of sp³-hybridized carbons (Fsp3) is 0. The maximum absolute atomic E-state index is 13.3. The van der Waals surface area contributed by atoms with Gasteiger partial charge in [-0.2, -0.15) is 0 Å². The van der Waals surface area contributed by atoms with Crippen molar-refractivity contribution in [1.82, 2.24) is 4.98 Å². The van der Waals surface area contributed by atoms with Crippen molar-refractivity contribution < 1.29 is 9.50 Å². The lowest BCUT2D eigenvalue weighted by atomic mass is 10.00. The van der Waals surface area contributed by atoms with Crippen LogP contribution in [0.2, 0.25) is 0 Å². The van der Waals surface area contributed by atoms with Crippen LogP contribution >= 0.6 is 0 Å². The van der Waals surface area contributed by atoms with E-state index >= 15 is 0 Å². The molecule has 0 amide bonds. The highest BCUT2D eigenvalue weighted by atomic mass is 19.1. The van der Waals surface area contributed by atoms with Gasteiger partial charge in [0, 0.05) is 17.1 Å². The monoisotopic (exact) mass is 255 g/mol. The lowest BCUT2D eigenvalue weighted by molar-refractivity contribution is 0.481. The fourth-order valence-electron chi connectivity index (χ4n) is 2.18. The van der Waals surface area contributed by atoms with Crippen LogP contribution in [0.5, 0.6) is 5.75 Å². The summed E-state index contributed by atoms with van der Waals surface area (Å²) < 4.78 is 13.3. The molecule has 0 spiro atoms. The van der Waals surface area contributed by atoms with Gasteiger partial charge in [0.25, 0.3) is 5.56 Å². The molecule has 1 heterocycles. The van der Waals surface area contributed by atoms with E-state index in [1.807, 2.05) is 0 Å². The number of fused-ring (bicyclic) bond motifs is 1. The Labute approximate surface area is 108 Å². The Kier molecular flexibility index (Phi) is 2.56. The zero-order valence-corrected chi connectivity index (χ0v) is 9.85. The van der Waals surface area contributed by atoms with Gasteiger partial charge < -0.3 is 10.1 Å². The van der Waals surface area contributed by atoms with Crippen LogP contribution in [-0.4, -0.2) is 10.1 Å². The van der Waals surface area contributed by atoms with Gasteiger partial charge in [-0.15, -0.1) is 0 Å². The minimum absolute atomic E-state index is 0.00265. The first-order chi connectivity index (χ1) is 9.16. The van der Waals surface area contributed by atoms with Gasteiger partial charge in [0.05, 0.1) is 5.39 Å². The number of hydrogen-bond acceptors (Lipinski definition) is 2. The molecule has 94 valence electrons. The number of aromatic hydroxyl groups is 1. The van der Waals surface area contributed by atoms with E-state index in [1.54, 1.807) is 24.3 Å². The van der Waals surface area contributed by atoms with E-state index in [0.29, 0.717) is 21.9 Å². The number of H-pyrrole nitrogens is 1. The molecule has 0 aliphatic carbocycles. The highest BCUT2D eigenvalue weighted by Gasteiger charge is 2.10. The molecular weight excluding hydrogens is 245 g/mol. The molecule has 0 aliphatic rings. The molecular formula is C15H10FNO2.